The number of nitrogens with two attached hydrogens (primary N) is 1. The Hall–Kier alpha value is -0.120. The lowest BCUT2D eigenvalue weighted by Gasteiger charge is -2.45. The van der Waals surface area contributed by atoms with E-state index < -0.39 is 0 Å². The first-order chi connectivity index (χ1) is 8.15. The van der Waals surface area contributed by atoms with Gasteiger partial charge in [0.15, 0.2) is 0 Å². The lowest BCUT2D eigenvalue weighted by molar-refractivity contribution is 0.109. The van der Waals surface area contributed by atoms with Crippen molar-refractivity contribution in [3.05, 3.63) is 0 Å². The van der Waals surface area contributed by atoms with E-state index in [2.05, 4.69) is 24.2 Å². The summed E-state index contributed by atoms with van der Waals surface area (Å²) in [5.74, 6) is 1.00. The van der Waals surface area contributed by atoms with E-state index in [4.69, 9.17) is 5.73 Å². The van der Waals surface area contributed by atoms with Gasteiger partial charge in [-0.25, -0.2) is 0 Å². The van der Waals surface area contributed by atoms with E-state index in [1.54, 1.807) is 0 Å². The zero-order valence-electron chi connectivity index (χ0n) is 11.5. The van der Waals surface area contributed by atoms with Gasteiger partial charge in [0, 0.05) is 18.1 Å². The molecule has 0 bridgehead atoms. The first-order valence-electron chi connectivity index (χ1n) is 7.30. The summed E-state index contributed by atoms with van der Waals surface area (Å²) in [7, 11) is 2.22. The molecule has 2 aliphatic rings. The molecule has 1 saturated carbocycles. The second-order valence-electron chi connectivity index (χ2n) is 6.28. The van der Waals surface area contributed by atoms with E-state index in [0.29, 0.717) is 6.04 Å². The molecule has 0 aromatic heterocycles. The van der Waals surface area contributed by atoms with Crippen LogP contribution in [0.5, 0.6) is 0 Å². The van der Waals surface area contributed by atoms with Crippen molar-refractivity contribution >= 4 is 0 Å². The average Bonchev–Trinajstić information content (AvgIpc) is 2.27. The van der Waals surface area contributed by atoms with Crippen molar-refractivity contribution in [1.82, 2.24) is 10.2 Å². The number of nitrogens with one attached hydrogen (secondary N) is 1. The molecule has 1 heterocycles. The highest BCUT2D eigenvalue weighted by Gasteiger charge is 2.35. The Morgan fingerprint density at radius 3 is 2.71 bits per heavy atom. The number of hydrogen-bond acceptors (Lipinski definition) is 3. The van der Waals surface area contributed by atoms with Gasteiger partial charge >= 0.3 is 0 Å². The van der Waals surface area contributed by atoms with Crippen LogP contribution in [0.3, 0.4) is 0 Å². The maximum Gasteiger partial charge on any atom is 0.0330 e. The van der Waals surface area contributed by atoms with Crippen molar-refractivity contribution < 1.29 is 0 Å². The summed E-state index contributed by atoms with van der Waals surface area (Å²) in [4.78, 5) is 2.45. The molecule has 17 heavy (non-hydrogen) atoms. The highest BCUT2D eigenvalue weighted by molar-refractivity contribution is 4.96. The summed E-state index contributed by atoms with van der Waals surface area (Å²) in [6, 6.07) is 0.656. The molecule has 100 valence electrons. The minimum Gasteiger partial charge on any atom is -0.329 e. The van der Waals surface area contributed by atoms with Gasteiger partial charge in [0.25, 0.3) is 0 Å². The van der Waals surface area contributed by atoms with Crippen LogP contribution in [0.15, 0.2) is 0 Å². The quantitative estimate of drug-likeness (QED) is 0.765. The molecular weight excluding hydrogens is 210 g/mol. The lowest BCUT2D eigenvalue weighted by atomic mass is 9.81. The number of likely N-dealkylation sites (tertiary alicyclic amines) is 1. The molecule has 2 unspecified atom stereocenters. The molecule has 2 atom stereocenters. The summed E-state index contributed by atoms with van der Waals surface area (Å²) in [6.45, 7) is 5.44. The molecule has 1 aliphatic heterocycles. The summed E-state index contributed by atoms with van der Waals surface area (Å²) >= 11 is 0. The van der Waals surface area contributed by atoms with Crippen LogP contribution >= 0.6 is 0 Å². The van der Waals surface area contributed by atoms with E-state index in [1.165, 1.54) is 45.1 Å². The Kier molecular flexibility index (Phi) is 4.45. The first kappa shape index (κ1) is 13.3. The van der Waals surface area contributed by atoms with Crippen LogP contribution in [0.1, 0.15) is 45.4 Å². The van der Waals surface area contributed by atoms with Crippen LogP contribution in [0, 0.1) is 5.92 Å². The number of nitrogens with zero attached hydrogens (tertiary/aromatic N) is 1. The summed E-state index contributed by atoms with van der Waals surface area (Å²) < 4.78 is 0. The number of piperidine rings is 1. The van der Waals surface area contributed by atoms with Gasteiger partial charge in [-0.05, 0) is 52.2 Å². The Morgan fingerprint density at radius 1 is 1.41 bits per heavy atom. The molecule has 3 N–H and O–H groups in total. The molecule has 1 aliphatic carbocycles. The third kappa shape index (κ3) is 3.21. The second-order valence-corrected chi connectivity index (χ2v) is 6.28. The number of rotatable bonds is 5. The number of hydrogen-bond donors (Lipinski definition) is 2. The fraction of sp³-hybridized carbons (Fsp3) is 1.00. The average molecular weight is 239 g/mol. The van der Waals surface area contributed by atoms with E-state index in [0.717, 1.165) is 19.0 Å². The highest BCUT2D eigenvalue weighted by atomic mass is 15.2. The molecular formula is C14H29N3. The van der Waals surface area contributed by atoms with Crippen molar-refractivity contribution in [3.63, 3.8) is 0 Å². The van der Waals surface area contributed by atoms with E-state index >= 15 is 0 Å². The predicted octanol–water partition coefficient (Wildman–Crippen LogP) is 1.58. The van der Waals surface area contributed by atoms with E-state index in [1.807, 2.05) is 0 Å². The SMILES string of the molecule is CC1CC(CN)(NCCC2CCC2)CCN1C. The Bertz CT molecular complexity index is 240. The fourth-order valence-corrected chi connectivity index (χ4v) is 3.18. The van der Waals surface area contributed by atoms with Crippen LogP contribution in [0.25, 0.3) is 0 Å². The fourth-order valence-electron chi connectivity index (χ4n) is 3.18. The van der Waals surface area contributed by atoms with Gasteiger partial charge in [-0.15, -0.1) is 0 Å². The first-order valence-corrected chi connectivity index (χ1v) is 7.30. The van der Waals surface area contributed by atoms with Gasteiger partial charge in [0.2, 0.25) is 0 Å². The minimum atomic E-state index is 0.218. The largest absolute Gasteiger partial charge is 0.329 e. The molecule has 0 amide bonds. The second kappa shape index (κ2) is 5.68. The van der Waals surface area contributed by atoms with Crippen LogP contribution in [-0.4, -0.2) is 43.2 Å². The summed E-state index contributed by atoms with van der Waals surface area (Å²) in [5.41, 5.74) is 6.25. The van der Waals surface area contributed by atoms with Crippen molar-refractivity contribution in [3.8, 4) is 0 Å². The van der Waals surface area contributed by atoms with E-state index in [9.17, 15) is 0 Å². The van der Waals surface area contributed by atoms with Crippen molar-refractivity contribution in [2.45, 2.75) is 57.0 Å². The molecule has 0 spiro atoms. The predicted molar refractivity (Wildman–Crippen MR) is 73.1 cm³/mol. The van der Waals surface area contributed by atoms with Crippen LogP contribution < -0.4 is 11.1 Å². The van der Waals surface area contributed by atoms with Crippen molar-refractivity contribution in [2.75, 3.05) is 26.7 Å². The molecule has 2 rings (SSSR count). The third-order valence-electron chi connectivity index (χ3n) is 5.05. The van der Waals surface area contributed by atoms with Crippen molar-refractivity contribution in [2.24, 2.45) is 11.7 Å². The minimum absolute atomic E-state index is 0.218. The summed E-state index contributed by atoms with van der Waals surface area (Å²) in [5, 5.41) is 3.78. The lowest BCUT2D eigenvalue weighted by Crippen LogP contribution is -2.59. The zero-order valence-corrected chi connectivity index (χ0v) is 11.5. The molecule has 3 nitrogen and oxygen atoms in total. The Balaban J connectivity index is 1.77. The maximum atomic E-state index is 6.03. The van der Waals surface area contributed by atoms with Crippen LogP contribution in [0.2, 0.25) is 0 Å². The molecule has 3 heteroatoms. The van der Waals surface area contributed by atoms with Crippen LogP contribution in [0.4, 0.5) is 0 Å². The third-order valence-corrected chi connectivity index (χ3v) is 5.05. The monoisotopic (exact) mass is 239 g/mol. The standard InChI is InChI=1S/C14H29N3/c1-12-10-14(11-15,7-9-17(12)2)16-8-6-13-4-3-5-13/h12-13,16H,3-11,15H2,1-2H3. The van der Waals surface area contributed by atoms with Gasteiger partial charge in [-0.2, -0.15) is 0 Å². The summed E-state index contributed by atoms with van der Waals surface area (Å²) in [6.07, 6.45) is 8.12. The smallest absolute Gasteiger partial charge is 0.0330 e. The van der Waals surface area contributed by atoms with E-state index in [-0.39, 0.29) is 5.54 Å². The van der Waals surface area contributed by atoms with Gasteiger partial charge in [-0.3, -0.25) is 0 Å². The zero-order chi connectivity index (χ0) is 12.3. The highest BCUT2D eigenvalue weighted by Crippen LogP contribution is 2.30. The Labute approximate surface area is 106 Å². The van der Waals surface area contributed by atoms with Gasteiger partial charge in [0.05, 0.1) is 0 Å². The van der Waals surface area contributed by atoms with Gasteiger partial charge < -0.3 is 16.0 Å². The maximum absolute atomic E-state index is 6.03. The normalized spacial score (nSPS) is 35.8. The van der Waals surface area contributed by atoms with Crippen LogP contribution in [-0.2, 0) is 0 Å². The topological polar surface area (TPSA) is 41.3 Å². The Morgan fingerprint density at radius 2 is 2.18 bits per heavy atom. The van der Waals surface area contributed by atoms with Gasteiger partial charge in [0.1, 0.15) is 0 Å². The van der Waals surface area contributed by atoms with Crippen molar-refractivity contribution in [1.29, 1.82) is 0 Å². The molecule has 1 saturated heterocycles. The molecule has 0 radical (unpaired) electrons. The molecule has 0 aromatic rings. The molecule has 0 aromatic carbocycles. The molecule has 2 fully saturated rings. The van der Waals surface area contributed by atoms with Gasteiger partial charge in [-0.1, -0.05) is 19.3 Å².